The van der Waals surface area contributed by atoms with Crippen molar-refractivity contribution in [2.75, 3.05) is 11.1 Å². The number of halogens is 2. The van der Waals surface area contributed by atoms with Gasteiger partial charge in [0.15, 0.2) is 0 Å². The quantitative estimate of drug-likeness (QED) is 0.816. The van der Waals surface area contributed by atoms with Gasteiger partial charge in [0.2, 0.25) is 0 Å². The van der Waals surface area contributed by atoms with Gasteiger partial charge in [-0.2, -0.15) is 11.3 Å². The third-order valence-electron chi connectivity index (χ3n) is 2.51. The van der Waals surface area contributed by atoms with E-state index in [0.717, 1.165) is 5.56 Å². The molecule has 0 spiro atoms. The number of nitrogen functional groups attached to an aromatic ring is 1. The number of hydrogen-bond donors (Lipinski definition) is 2. The molecule has 1 unspecified atom stereocenters. The largest absolute Gasteiger partial charge is 0.397 e. The van der Waals surface area contributed by atoms with Crippen LogP contribution in [-0.4, -0.2) is 0 Å². The van der Waals surface area contributed by atoms with Crippen molar-refractivity contribution in [2.24, 2.45) is 0 Å². The first-order chi connectivity index (χ1) is 8.08. The molecule has 0 aliphatic rings. The van der Waals surface area contributed by atoms with Gasteiger partial charge in [-0.15, -0.1) is 0 Å². The van der Waals surface area contributed by atoms with E-state index >= 15 is 0 Å². The van der Waals surface area contributed by atoms with Crippen LogP contribution in [0.2, 0.25) is 5.02 Å². The Kier molecular flexibility index (Phi) is 3.54. The number of anilines is 2. The van der Waals surface area contributed by atoms with Crippen LogP contribution in [-0.2, 0) is 0 Å². The fraction of sp³-hybridized carbons (Fsp3) is 0.167. The van der Waals surface area contributed by atoms with Gasteiger partial charge in [0.25, 0.3) is 0 Å². The summed E-state index contributed by atoms with van der Waals surface area (Å²) in [6.45, 7) is 1.99. The molecule has 0 radical (unpaired) electrons. The van der Waals surface area contributed by atoms with Gasteiger partial charge >= 0.3 is 0 Å². The highest BCUT2D eigenvalue weighted by atomic mass is 35.5. The Morgan fingerprint density at radius 3 is 2.88 bits per heavy atom. The molecule has 2 aromatic rings. The lowest BCUT2D eigenvalue weighted by atomic mass is 10.1. The molecule has 2 nitrogen and oxygen atoms in total. The van der Waals surface area contributed by atoms with Crippen molar-refractivity contribution in [1.29, 1.82) is 0 Å². The Labute approximate surface area is 108 Å². The van der Waals surface area contributed by atoms with Crippen LogP contribution in [0.3, 0.4) is 0 Å². The SMILES string of the molecule is CC(Nc1cc(F)c(Cl)cc1N)c1ccsc1. The lowest BCUT2D eigenvalue weighted by molar-refractivity contribution is 0.628. The highest BCUT2D eigenvalue weighted by Crippen LogP contribution is 2.29. The molecule has 1 atom stereocenters. The normalized spacial score (nSPS) is 12.4. The summed E-state index contributed by atoms with van der Waals surface area (Å²) >= 11 is 7.26. The Bertz CT molecular complexity index is 513. The summed E-state index contributed by atoms with van der Waals surface area (Å²) in [6, 6.07) is 4.83. The topological polar surface area (TPSA) is 38.0 Å². The molecule has 1 aromatic carbocycles. The third-order valence-corrected chi connectivity index (χ3v) is 3.50. The summed E-state index contributed by atoms with van der Waals surface area (Å²) in [6.07, 6.45) is 0. The van der Waals surface area contributed by atoms with E-state index in [1.165, 1.54) is 12.1 Å². The molecule has 90 valence electrons. The smallest absolute Gasteiger partial charge is 0.143 e. The molecule has 0 amide bonds. The molecule has 0 aliphatic carbocycles. The maximum absolute atomic E-state index is 13.3. The van der Waals surface area contributed by atoms with Gasteiger partial charge < -0.3 is 11.1 Å². The van der Waals surface area contributed by atoms with Crippen LogP contribution in [0, 0.1) is 5.82 Å². The fourth-order valence-electron chi connectivity index (χ4n) is 1.53. The Morgan fingerprint density at radius 1 is 1.47 bits per heavy atom. The standard InChI is InChI=1S/C12H12ClFN2S/c1-7(8-2-3-17-6-8)16-12-5-10(14)9(13)4-11(12)15/h2-7,16H,15H2,1H3. The van der Waals surface area contributed by atoms with E-state index in [2.05, 4.69) is 5.32 Å². The van der Waals surface area contributed by atoms with Crippen LogP contribution >= 0.6 is 22.9 Å². The summed E-state index contributed by atoms with van der Waals surface area (Å²) < 4.78 is 13.3. The highest BCUT2D eigenvalue weighted by molar-refractivity contribution is 7.07. The van der Waals surface area contributed by atoms with Gasteiger partial charge in [-0.05, 0) is 35.4 Å². The first kappa shape index (κ1) is 12.2. The number of nitrogens with one attached hydrogen (secondary N) is 1. The lowest BCUT2D eigenvalue weighted by Gasteiger charge is -2.16. The van der Waals surface area contributed by atoms with Gasteiger partial charge in [0.05, 0.1) is 16.4 Å². The number of hydrogen-bond acceptors (Lipinski definition) is 3. The van der Waals surface area contributed by atoms with E-state index in [1.807, 2.05) is 23.8 Å². The molecule has 5 heteroatoms. The summed E-state index contributed by atoms with van der Waals surface area (Å²) in [7, 11) is 0. The van der Waals surface area contributed by atoms with Crippen molar-refractivity contribution in [3.63, 3.8) is 0 Å². The number of nitrogens with two attached hydrogens (primary N) is 1. The molecule has 0 saturated carbocycles. The zero-order valence-electron chi connectivity index (χ0n) is 9.21. The number of thiophene rings is 1. The molecular formula is C12H12ClFN2S. The molecule has 2 rings (SSSR count). The van der Waals surface area contributed by atoms with Crippen molar-refractivity contribution in [3.8, 4) is 0 Å². The van der Waals surface area contributed by atoms with Gasteiger partial charge in [-0.1, -0.05) is 11.6 Å². The van der Waals surface area contributed by atoms with Crippen molar-refractivity contribution >= 4 is 34.3 Å². The molecule has 1 heterocycles. The van der Waals surface area contributed by atoms with E-state index < -0.39 is 5.82 Å². The molecule has 0 saturated heterocycles. The minimum absolute atomic E-state index is 0.0382. The van der Waals surface area contributed by atoms with Crippen LogP contribution in [0.1, 0.15) is 18.5 Å². The van der Waals surface area contributed by atoms with E-state index in [4.69, 9.17) is 17.3 Å². The zero-order chi connectivity index (χ0) is 12.4. The molecule has 17 heavy (non-hydrogen) atoms. The maximum atomic E-state index is 13.3. The van der Waals surface area contributed by atoms with Crippen molar-refractivity contribution in [2.45, 2.75) is 13.0 Å². The Morgan fingerprint density at radius 2 is 2.24 bits per heavy atom. The first-order valence-electron chi connectivity index (χ1n) is 5.11. The van der Waals surface area contributed by atoms with Gasteiger partial charge in [0, 0.05) is 12.1 Å². The monoisotopic (exact) mass is 270 g/mol. The maximum Gasteiger partial charge on any atom is 0.143 e. The van der Waals surface area contributed by atoms with E-state index in [0.29, 0.717) is 11.4 Å². The van der Waals surface area contributed by atoms with E-state index in [9.17, 15) is 4.39 Å². The fourth-order valence-corrected chi connectivity index (χ4v) is 2.45. The van der Waals surface area contributed by atoms with Crippen molar-refractivity contribution in [1.82, 2.24) is 0 Å². The van der Waals surface area contributed by atoms with Crippen LogP contribution in [0.15, 0.2) is 29.0 Å². The second kappa shape index (κ2) is 4.94. The number of benzene rings is 1. The average molecular weight is 271 g/mol. The van der Waals surface area contributed by atoms with Gasteiger partial charge in [-0.25, -0.2) is 4.39 Å². The summed E-state index contributed by atoms with van der Waals surface area (Å²) in [5, 5.41) is 7.24. The lowest BCUT2D eigenvalue weighted by Crippen LogP contribution is -2.08. The second-order valence-electron chi connectivity index (χ2n) is 3.78. The van der Waals surface area contributed by atoms with Gasteiger partial charge in [-0.3, -0.25) is 0 Å². The summed E-state index contributed by atoms with van der Waals surface area (Å²) in [4.78, 5) is 0. The summed E-state index contributed by atoms with van der Waals surface area (Å²) in [5.74, 6) is -0.471. The molecule has 0 aliphatic heterocycles. The van der Waals surface area contributed by atoms with Crippen LogP contribution in [0.25, 0.3) is 0 Å². The molecular weight excluding hydrogens is 259 g/mol. The van der Waals surface area contributed by atoms with Crippen LogP contribution < -0.4 is 11.1 Å². The molecule has 0 bridgehead atoms. The van der Waals surface area contributed by atoms with Crippen molar-refractivity contribution in [3.05, 3.63) is 45.4 Å². The molecule has 0 fully saturated rings. The first-order valence-corrected chi connectivity index (χ1v) is 6.43. The average Bonchev–Trinajstić information content (AvgIpc) is 2.79. The second-order valence-corrected chi connectivity index (χ2v) is 4.96. The molecule has 1 aromatic heterocycles. The van der Waals surface area contributed by atoms with Crippen molar-refractivity contribution < 1.29 is 4.39 Å². The highest BCUT2D eigenvalue weighted by Gasteiger charge is 2.10. The predicted octanol–water partition coefficient (Wildman–Crippen LogP) is 4.30. The minimum Gasteiger partial charge on any atom is -0.397 e. The van der Waals surface area contributed by atoms with E-state index in [-0.39, 0.29) is 11.1 Å². The third kappa shape index (κ3) is 2.70. The zero-order valence-corrected chi connectivity index (χ0v) is 10.8. The summed E-state index contributed by atoms with van der Waals surface area (Å²) in [5.41, 5.74) is 7.93. The number of rotatable bonds is 3. The Hall–Kier alpha value is -1.26. The minimum atomic E-state index is -0.471. The van der Waals surface area contributed by atoms with Crippen LogP contribution in [0.5, 0.6) is 0 Å². The Balaban J connectivity index is 2.22. The molecule has 3 N–H and O–H groups in total. The van der Waals surface area contributed by atoms with Crippen LogP contribution in [0.4, 0.5) is 15.8 Å². The predicted molar refractivity (Wildman–Crippen MR) is 72.2 cm³/mol. The van der Waals surface area contributed by atoms with E-state index in [1.54, 1.807) is 11.3 Å². The van der Waals surface area contributed by atoms with Gasteiger partial charge in [0.1, 0.15) is 5.82 Å².